The molecule has 7 nitrogen and oxygen atoms in total. The minimum absolute atomic E-state index is 0.165. The van der Waals surface area contributed by atoms with E-state index in [1.807, 2.05) is 31.2 Å². The zero-order chi connectivity index (χ0) is 17.5. The molecule has 7 heteroatoms. The molecule has 24 heavy (non-hydrogen) atoms. The molecule has 0 unspecified atom stereocenters. The first-order chi connectivity index (χ1) is 11.5. The maximum Gasteiger partial charge on any atom is 0.310 e. The van der Waals surface area contributed by atoms with Gasteiger partial charge in [-0.25, -0.2) is 0 Å². The largest absolute Gasteiger partial charge is 0.502 e. The number of aromatic hydroxyl groups is 1. The maximum atomic E-state index is 11.9. The molecule has 0 fully saturated rings. The lowest BCUT2D eigenvalue weighted by Crippen LogP contribution is -2.25. The summed E-state index contributed by atoms with van der Waals surface area (Å²) in [7, 11) is 0. The van der Waals surface area contributed by atoms with Gasteiger partial charge in [-0.15, -0.1) is 0 Å². The minimum Gasteiger partial charge on any atom is -0.502 e. The third-order valence-corrected chi connectivity index (χ3v) is 3.30. The minimum atomic E-state index is -0.709. The van der Waals surface area contributed by atoms with Crippen LogP contribution in [0.25, 0.3) is 0 Å². The molecule has 0 aliphatic carbocycles. The van der Waals surface area contributed by atoms with Gasteiger partial charge in [0.2, 0.25) is 0 Å². The molecule has 0 saturated carbocycles. The molecule has 2 rings (SSSR count). The molecule has 0 aromatic heterocycles. The van der Waals surface area contributed by atoms with E-state index in [2.05, 4.69) is 5.32 Å². The fraction of sp³-hybridized carbons (Fsp3) is 0.235. The van der Waals surface area contributed by atoms with Crippen molar-refractivity contribution in [3.8, 4) is 11.5 Å². The highest BCUT2D eigenvalue weighted by molar-refractivity contribution is 5.95. The van der Waals surface area contributed by atoms with Gasteiger partial charge in [-0.05, 0) is 43.2 Å². The normalized spacial score (nSPS) is 10.2. The number of nitro groups is 1. The van der Waals surface area contributed by atoms with Crippen molar-refractivity contribution in [1.29, 1.82) is 0 Å². The average molecular weight is 330 g/mol. The number of carbonyl (C=O) groups excluding carboxylic acids is 1. The zero-order valence-electron chi connectivity index (χ0n) is 13.2. The van der Waals surface area contributed by atoms with Crippen LogP contribution < -0.4 is 10.1 Å². The van der Waals surface area contributed by atoms with Crippen molar-refractivity contribution < 1.29 is 19.6 Å². The number of hydrogen-bond acceptors (Lipinski definition) is 5. The molecule has 126 valence electrons. The summed E-state index contributed by atoms with van der Waals surface area (Å²) in [5.74, 6) is -0.159. The van der Waals surface area contributed by atoms with E-state index < -0.39 is 22.3 Å². The second-order valence-corrected chi connectivity index (χ2v) is 5.24. The van der Waals surface area contributed by atoms with Crippen LogP contribution in [0, 0.1) is 17.0 Å². The Kier molecular flexibility index (Phi) is 5.73. The average Bonchev–Trinajstić information content (AvgIpc) is 2.54. The molecule has 2 aromatic carbocycles. The lowest BCUT2D eigenvalue weighted by atomic mass is 10.2. The van der Waals surface area contributed by atoms with E-state index in [-0.39, 0.29) is 5.56 Å². The highest BCUT2D eigenvalue weighted by Crippen LogP contribution is 2.26. The summed E-state index contributed by atoms with van der Waals surface area (Å²) >= 11 is 0. The predicted molar refractivity (Wildman–Crippen MR) is 88.4 cm³/mol. The first kappa shape index (κ1) is 17.3. The van der Waals surface area contributed by atoms with Gasteiger partial charge in [0.1, 0.15) is 5.75 Å². The Balaban J connectivity index is 1.77. The number of nitrogens with one attached hydrogen (secondary N) is 1. The number of aryl methyl sites for hydroxylation is 1. The predicted octanol–water partition coefficient (Wildman–Crippen LogP) is 2.81. The zero-order valence-corrected chi connectivity index (χ0v) is 13.2. The molecule has 0 radical (unpaired) electrons. The number of rotatable bonds is 7. The van der Waals surface area contributed by atoms with Gasteiger partial charge < -0.3 is 15.2 Å². The van der Waals surface area contributed by atoms with Crippen LogP contribution in [0.5, 0.6) is 11.5 Å². The van der Waals surface area contributed by atoms with Crippen molar-refractivity contribution in [2.24, 2.45) is 0 Å². The molecule has 2 N–H and O–H groups in total. The van der Waals surface area contributed by atoms with Crippen molar-refractivity contribution in [2.45, 2.75) is 13.3 Å². The Morgan fingerprint density at radius 3 is 2.75 bits per heavy atom. The number of ether oxygens (including phenoxy) is 1. The third kappa shape index (κ3) is 4.70. The number of phenols is 1. The summed E-state index contributed by atoms with van der Waals surface area (Å²) in [5.41, 5.74) is 0.842. The Labute approximate surface area is 139 Å². The van der Waals surface area contributed by atoms with Gasteiger partial charge in [0.15, 0.2) is 5.75 Å². The summed E-state index contributed by atoms with van der Waals surface area (Å²) < 4.78 is 5.57. The molecular formula is C17H18N2O5. The van der Waals surface area contributed by atoms with Crippen LogP contribution in [0.3, 0.4) is 0 Å². The second kappa shape index (κ2) is 7.96. The Bertz CT molecular complexity index is 746. The standard InChI is InChI=1S/C17H18N2O5/c1-12-4-2-5-14(10-12)24-9-3-8-18-17(21)13-6-7-15(19(22)23)16(20)11-13/h2,4-7,10-11,20H,3,8-9H2,1H3,(H,18,21). The number of benzene rings is 2. The fourth-order valence-corrected chi connectivity index (χ4v) is 2.09. The van der Waals surface area contributed by atoms with Gasteiger partial charge in [-0.3, -0.25) is 14.9 Å². The topological polar surface area (TPSA) is 102 Å². The van der Waals surface area contributed by atoms with Crippen LogP contribution in [0.2, 0.25) is 0 Å². The first-order valence-electron chi connectivity index (χ1n) is 7.42. The Morgan fingerprint density at radius 1 is 1.29 bits per heavy atom. The van der Waals surface area contributed by atoms with Crippen LogP contribution in [-0.2, 0) is 0 Å². The lowest BCUT2D eigenvalue weighted by molar-refractivity contribution is -0.385. The van der Waals surface area contributed by atoms with E-state index in [0.717, 1.165) is 23.4 Å². The van der Waals surface area contributed by atoms with Crippen molar-refractivity contribution in [1.82, 2.24) is 5.32 Å². The van der Waals surface area contributed by atoms with Gasteiger partial charge >= 0.3 is 5.69 Å². The Hall–Kier alpha value is -3.09. The quantitative estimate of drug-likeness (QED) is 0.462. The van der Waals surface area contributed by atoms with E-state index in [1.54, 1.807) is 0 Å². The number of nitrogens with zero attached hydrogens (tertiary/aromatic N) is 1. The Morgan fingerprint density at radius 2 is 2.08 bits per heavy atom. The third-order valence-electron chi connectivity index (χ3n) is 3.30. The summed E-state index contributed by atoms with van der Waals surface area (Å²) in [4.78, 5) is 21.8. The van der Waals surface area contributed by atoms with Crippen molar-refractivity contribution in [3.63, 3.8) is 0 Å². The van der Waals surface area contributed by atoms with Gasteiger partial charge in [0.25, 0.3) is 5.91 Å². The first-order valence-corrected chi connectivity index (χ1v) is 7.42. The van der Waals surface area contributed by atoms with Gasteiger partial charge in [-0.1, -0.05) is 12.1 Å². The molecule has 0 aliphatic rings. The van der Waals surface area contributed by atoms with Crippen LogP contribution in [0.4, 0.5) is 5.69 Å². The molecule has 0 atom stereocenters. The lowest BCUT2D eigenvalue weighted by Gasteiger charge is -2.08. The van der Waals surface area contributed by atoms with Crippen LogP contribution in [0.15, 0.2) is 42.5 Å². The number of phenolic OH excluding ortho intramolecular Hbond substituents is 1. The molecule has 0 heterocycles. The smallest absolute Gasteiger partial charge is 0.310 e. The van der Waals surface area contributed by atoms with Crippen molar-refractivity contribution >= 4 is 11.6 Å². The molecular weight excluding hydrogens is 312 g/mol. The summed E-state index contributed by atoms with van der Waals surface area (Å²) in [6, 6.07) is 11.2. The van der Waals surface area contributed by atoms with Gasteiger partial charge in [-0.2, -0.15) is 0 Å². The molecule has 0 aliphatic heterocycles. The molecule has 0 bridgehead atoms. The number of nitro benzene ring substituents is 1. The van der Waals surface area contributed by atoms with Crippen LogP contribution in [0.1, 0.15) is 22.3 Å². The summed E-state index contributed by atoms with van der Waals surface area (Å²) in [6.07, 6.45) is 0.610. The van der Waals surface area contributed by atoms with E-state index >= 15 is 0 Å². The van der Waals surface area contributed by atoms with E-state index in [0.29, 0.717) is 19.6 Å². The molecule has 0 spiro atoms. The molecule has 1 amide bonds. The number of amides is 1. The molecule has 2 aromatic rings. The number of carbonyl (C=O) groups is 1. The second-order valence-electron chi connectivity index (χ2n) is 5.24. The van der Waals surface area contributed by atoms with Gasteiger partial charge in [0.05, 0.1) is 11.5 Å². The van der Waals surface area contributed by atoms with E-state index in [4.69, 9.17) is 4.74 Å². The number of hydrogen-bond donors (Lipinski definition) is 2. The van der Waals surface area contributed by atoms with Crippen LogP contribution >= 0.6 is 0 Å². The van der Waals surface area contributed by atoms with E-state index in [9.17, 15) is 20.0 Å². The van der Waals surface area contributed by atoms with Crippen LogP contribution in [-0.4, -0.2) is 29.1 Å². The molecule has 0 saturated heterocycles. The highest BCUT2D eigenvalue weighted by Gasteiger charge is 2.15. The van der Waals surface area contributed by atoms with E-state index in [1.165, 1.54) is 6.07 Å². The maximum absolute atomic E-state index is 11.9. The van der Waals surface area contributed by atoms with Gasteiger partial charge in [0, 0.05) is 18.2 Å². The monoisotopic (exact) mass is 330 g/mol. The SMILES string of the molecule is Cc1cccc(OCCCNC(=O)c2ccc([N+](=O)[O-])c(O)c2)c1. The van der Waals surface area contributed by atoms with Crippen molar-refractivity contribution in [3.05, 3.63) is 63.7 Å². The summed E-state index contributed by atoms with van der Waals surface area (Å²) in [6.45, 7) is 2.82. The summed E-state index contributed by atoms with van der Waals surface area (Å²) in [5, 5.41) is 22.8. The van der Waals surface area contributed by atoms with Crippen molar-refractivity contribution in [2.75, 3.05) is 13.2 Å². The highest BCUT2D eigenvalue weighted by atomic mass is 16.6. The fourth-order valence-electron chi connectivity index (χ4n) is 2.09.